The number of ether oxygens (including phenoxy) is 2. The molecule has 0 saturated carbocycles. The molecule has 0 bridgehead atoms. The summed E-state index contributed by atoms with van der Waals surface area (Å²) in [6, 6.07) is 25.7. The van der Waals surface area contributed by atoms with Gasteiger partial charge in [0.2, 0.25) is 6.79 Å². The first-order chi connectivity index (χ1) is 18.6. The summed E-state index contributed by atoms with van der Waals surface area (Å²) < 4.78 is 11.3. The number of aryl methyl sites for hydroxylation is 1. The maximum absolute atomic E-state index is 14.4. The molecule has 0 amide bonds. The second-order valence-electron chi connectivity index (χ2n) is 10.1. The molecule has 6 nitrogen and oxygen atoms in total. The fourth-order valence-corrected chi connectivity index (χ4v) is 6.29. The van der Waals surface area contributed by atoms with Gasteiger partial charge in [-0.15, -0.1) is 0 Å². The molecule has 0 radical (unpaired) electrons. The first kappa shape index (κ1) is 24.6. The van der Waals surface area contributed by atoms with E-state index in [9.17, 15) is 9.59 Å². The molecule has 3 aromatic rings. The molecule has 6 rings (SSSR count). The molecule has 0 spiro atoms. The first-order valence-corrected chi connectivity index (χ1v) is 13.4. The average Bonchev–Trinajstić information content (AvgIpc) is 3.59. The molecule has 6 heteroatoms. The van der Waals surface area contributed by atoms with Gasteiger partial charge >= 0.3 is 0 Å². The van der Waals surface area contributed by atoms with Crippen molar-refractivity contribution in [2.45, 2.75) is 31.3 Å². The molecule has 3 aromatic carbocycles. The lowest BCUT2D eigenvalue weighted by atomic mass is 9.82. The Morgan fingerprint density at radius 2 is 1.55 bits per heavy atom. The molecule has 1 fully saturated rings. The lowest BCUT2D eigenvalue weighted by Crippen LogP contribution is -2.61. The van der Waals surface area contributed by atoms with Gasteiger partial charge in [0.1, 0.15) is 6.26 Å². The highest BCUT2D eigenvalue weighted by atomic mass is 16.7. The number of benzene rings is 3. The van der Waals surface area contributed by atoms with Gasteiger partial charge in [-0.2, -0.15) is 0 Å². The number of fused-ring (bicyclic) bond motifs is 1. The Bertz CT molecular complexity index is 1360. The third-order valence-corrected chi connectivity index (χ3v) is 8.17. The molecular weight excluding hydrogens is 476 g/mol. The SMILES string of the molecule is CCc1cccc2c1C(=O)C(c1ccccc1)(N1CCN(C(Cc3ccccc3)C3=COCO3)CC1)C2=O. The van der Waals surface area contributed by atoms with Crippen LogP contribution < -0.4 is 0 Å². The average molecular weight is 509 g/mol. The number of ketones is 2. The summed E-state index contributed by atoms with van der Waals surface area (Å²) in [6.07, 6.45) is 3.22. The van der Waals surface area contributed by atoms with Crippen molar-refractivity contribution < 1.29 is 19.1 Å². The minimum absolute atomic E-state index is 0.0218. The van der Waals surface area contributed by atoms with Gasteiger partial charge in [0.15, 0.2) is 22.9 Å². The molecule has 2 aliphatic heterocycles. The van der Waals surface area contributed by atoms with Crippen molar-refractivity contribution in [3.63, 3.8) is 0 Å². The van der Waals surface area contributed by atoms with Crippen molar-refractivity contribution in [1.82, 2.24) is 9.80 Å². The Morgan fingerprint density at radius 3 is 2.21 bits per heavy atom. The molecule has 2 unspecified atom stereocenters. The highest BCUT2D eigenvalue weighted by Gasteiger charge is 2.58. The monoisotopic (exact) mass is 508 g/mol. The van der Waals surface area contributed by atoms with Crippen molar-refractivity contribution in [1.29, 1.82) is 0 Å². The minimum Gasteiger partial charge on any atom is -0.462 e. The molecule has 3 aliphatic rings. The van der Waals surface area contributed by atoms with Gasteiger partial charge in [0, 0.05) is 37.3 Å². The van der Waals surface area contributed by atoms with Crippen LogP contribution in [0.5, 0.6) is 0 Å². The summed E-state index contributed by atoms with van der Waals surface area (Å²) in [5.41, 5.74) is 2.71. The summed E-state index contributed by atoms with van der Waals surface area (Å²) in [7, 11) is 0. The number of hydrogen-bond donors (Lipinski definition) is 0. The Hall–Kier alpha value is -3.74. The van der Waals surface area contributed by atoms with Crippen molar-refractivity contribution in [3.8, 4) is 0 Å². The van der Waals surface area contributed by atoms with Gasteiger partial charge in [-0.25, -0.2) is 0 Å². The van der Waals surface area contributed by atoms with Gasteiger partial charge in [-0.05, 0) is 29.5 Å². The van der Waals surface area contributed by atoms with Crippen LogP contribution in [0, 0.1) is 0 Å². The maximum atomic E-state index is 14.4. The summed E-state index contributed by atoms with van der Waals surface area (Å²) >= 11 is 0. The zero-order valence-electron chi connectivity index (χ0n) is 21.6. The lowest BCUT2D eigenvalue weighted by Gasteiger charge is -2.45. The van der Waals surface area contributed by atoms with E-state index in [1.165, 1.54) is 5.56 Å². The van der Waals surface area contributed by atoms with Crippen molar-refractivity contribution in [3.05, 3.63) is 119 Å². The van der Waals surface area contributed by atoms with Gasteiger partial charge in [-0.3, -0.25) is 19.4 Å². The number of rotatable bonds is 7. The topological polar surface area (TPSA) is 59.1 Å². The fraction of sp³-hybridized carbons (Fsp3) is 0.312. The summed E-state index contributed by atoms with van der Waals surface area (Å²) in [4.78, 5) is 33.1. The second kappa shape index (κ2) is 10.2. The number of carbonyl (C=O) groups is 2. The highest BCUT2D eigenvalue weighted by molar-refractivity contribution is 6.33. The van der Waals surface area contributed by atoms with Crippen LogP contribution in [0.25, 0.3) is 0 Å². The molecular formula is C32H32N2O4. The number of Topliss-reactive ketones (excluding diaryl/α,β-unsaturated/α-hetero) is 2. The third kappa shape index (κ3) is 3.96. The maximum Gasteiger partial charge on any atom is 0.229 e. The Labute approximate surface area is 223 Å². The van der Waals surface area contributed by atoms with Crippen LogP contribution in [0.15, 0.2) is 90.9 Å². The van der Waals surface area contributed by atoms with E-state index in [1.807, 2.05) is 73.7 Å². The predicted octanol–water partition coefficient (Wildman–Crippen LogP) is 4.60. The number of nitrogens with zero attached hydrogens (tertiary/aromatic N) is 2. The largest absolute Gasteiger partial charge is 0.462 e. The van der Waals surface area contributed by atoms with Crippen LogP contribution in [-0.4, -0.2) is 60.4 Å². The van der Waals surface area contributed by atoms with Crippen molar-refractivity contribution >= 4 is 11.6 Å². The van der Waals surface area contributed by atoms with E-state index < -0.39 is 5.54 Å². The molecule has 0 N–H and O–H groups in total. The zero-order chi connectivity index (χ0) is 26.1. The van der Waals surface area contributed by atoms with Crippen LogP contribution in [0.1, 0.15) is 44.3 Å². The van der Waals surface area contributed by atoms with Crippen LogP contribution >= 0.6 is 0 Å². The van der Waals surface area contributed by atoms with Crippen LogP contribution in [-0.2, 0) is 27.9 Å². The molecule has 0 aromatic heterocycles. The van der Waals surface area contributed by atoms with E-state index in [0.29, 0.717) is 43.7 Å². The Kier molecular flexibility index (Phi) is 6.60. The van der Waals surface area contributed by atoms with E-state index in [-0.39, 0.29) is 24.4 Å². The summed E-state index contributed by atoms with van der Waals surface area (Å²) in [6.45, 7) is 4.83. The van der Waals surface area contributed by atoms with Gasteiger partial charge in [0.25, 0.3) is 0 Å². The molecule has 38 heavy (non-hydrogen) atoms. The van der Waals surface area contributed by atoms with Gasteiger partial charge in [-0.1, -0.05) is 85.8 Å². The lowest BCUT2D eigenvalue weighted by molar-refractivity contribution is 0.0137. The van der Waals surface area contributed by atoms with E-state index in [2.05, 4.69) is 21.9 Å². The predicted molar refractivity (Wildman–Crippen MR) is 145 cm³/mol. The molecule has 1 saturated heterocycles. The van der Waals surface area contributed by atoms with Crippen molar-refractivity contribution in [2.75, 3.05) is 33.0 Å². The Balaban J connectivity index is 1.33. The number of hydrogen-bond acceptors (Lipinski definition) is 6. The van der Waals surface area contributed by atoms with E-state index in [4.69, 9.17) is 9.47 Å². The normalized spacial score (nSPS) is 22.5. The van der Waals surface area contributed by atoms with E-state index >= 15 is 0 Å². The molecule has 194 valence electrons. The van der Waals surface area contributed by atoms with Gasteiger partial charge < -0.3 is 9.47 Å². The first-order valence-electron chi connectivity index (χ1n) is 13.4. The quantitative estimate of drug-likeness (QED) is 0.435. The third-order valence-electron chi connectivity index (χ3n) is 8.17. The molecule has 2 heterocycles. The van der Waals surface area contributed by atoms with Crippen LogP contribution in [0.4, 0.5) is 0 Å². The molecule has 2 atom stereocenters. The Morgan fingerprint density at radius 1 is 0.842 bits per heavy atom. The molecule has 1 aliphatic carbocycles. The fourth-order valence-electron chi connectivity index (χ4n) is 6.29. The van der Waals surface area contributed by atoms with E-state index in [0.717, 1.165) is 23.3 Å². The van der Waals surface area contributed by atoms with Crippen LogP contribution in [0.2, 0.25) is 0 Å². The van der Waals surface area contributed by atoms with Crippen molar-refractivity contribution in [2.24, 2.45) is 0 Å². The minimum atomic E-state index is -1.33. The van der Waals surface area contributed by atoms with E-state index in [1.54, 1.807) is 6.26 Å². The zero-order valence-corrected chi connectivity index (χ0v) is 21.6. The smallest absolute Gasteiger partial charge is 0.229 e. The number of carbonyl (C=O) groups excluding carboxylic acids is 2. The highest BCUT2D eigenvalue weighted by Crippen LogP contribution is 2.44. The van der Waals surface area contributed by atoms with Crippen LogP contribution in [0.3, 0.4) is 0 Å². The number of piperazine rings is 1. The summed E-state index contributed by atoms with van der Waals surface area (Å²) in [5.74, 6) is 0.627. The summed E-state index contributed by atoms with van der Waals surface area (Å²) in [5, 5.41) is 0. The second-order valence-corrected chi connectivity index (χ2v) is 10.1. The van der Waals surface area contributed by atoms with Gasteiger partial charge in [0.05, 0.1) is 6.04 Å². The standard InChI is InChI=1S/C32H32N2O4/c1-2-24-12-9-15-26-29(24)31(36)32(30(26)35,25-13-7-4-8-14-25)34-18-16-33(17-19-34)27(28-21-37-22-38-28)20-23-10-5-3-6-11-23/h3-15,21,27H,2,16-20,22H2,1H3.